The number of primary amides is 1. The van der Waals surface area contributed by atoms with E-state index in [2.05, 4.69) is 20.9 Å². The molecule has 0 radical (unpaired) electrons. The van der Waals surface area contributed by atoms with Crippen LogP contribution in [0.1, 0.15) is 84.5 Å². The zero-order valence-corrected chi connectivity index (χ0v) is 26.9. The van der Waals surface area contributed by atoms with Crippen molar-refractivity contribution in [3.05, 3.63) is 30.1 Å². The lowest BCUT2D eigenvalue weighted by molar-refractivity contribution is -0.144. The molecule has 3 rings (SSSR count). The van der Waals surface area contributed by atoms with E-state index >= 15 is 0 Å². The Hall–Kier alpha value is -3.83. The highest BCUT2D eigenvalue weighted by Gasteiger charge is 2.48. The Morgan fingerprint density at radius 2 is 1.57 bits per heavy atom. The normalized spacial score (nSPS) is 20.5. The Balaban J connectivity index is 1.83. The number of rotatable bonds is 13. The van der Waals surface area contributed by atoms with E-state index in [0.717, 1.165) is 12.8 Å². The van der Waals surface area contributed by atoms with E-state index in [1.54, 1.807) is 32.9 Å². The van der Waals surface area contributed by atoms with Gasteiger partial charge in [-0.3, -0.25) is 29.0 Å². The minimum atomic E-state index is -1.11. The number of amides is 5. The van der Waals surface area contributed by atoms with E-state index in [0.29, 0.717) is 18.4 Å². The predicted molar refractivity (Wildman–Crippen MR) is 164 cm³/mol. The molecule has 0 bridgehead atoms. The zero-order chi connectivity index (χ0) is 32.9. The standard InChI is InChI=1S/C32H48N6O6/c1-17(2)21-12-15-38(24(21)29(42)35-22(16-19-8-9-19)26(40)28(33)41)30(43)27(32(5,6)7)37-31(44)36-23(18(3)4)25(39)20-10-13-34-14-11-20/h10-11,13-14,17-19,21-24,27H,8-9,12,15-16H2,1-7H3,(H2,33,41)(H,35,42)(H2,36,37,44)/t21-,22?,23+,24+,27-/m1/s1. The SMILES string of the molecule is CC(C)[C@H](NC(=O)N[C@H](C(=O)N1CC[C@H](C(C)C)[C@H]1C(=O)NC(CC1CC1)C(=O)C(N)=O)C(C)(C)C)C(=O)c1ccncc1. The first-order valence-corrected chi connectivity index (χ1v) is 15.5. The summed E-state index contributed by atoms with van der Waals surface area (Å²) in [5.41, 5.74) is 4.92. The van der Waals surface area contributed by atoms with Crippen molar-refractivity contribution >= 4 is 35.3 Å². The van der Waals surface area contributed by atoms with Crippen LogP contribution in [-0.4, -0.2) is 75.9 Å². The number of nitrogens with two attached hydrogens (primary N) is 1. The van der Waals surface area contributed by atoms with E-state index < -0.39 is 59.1 Å². The first kappa shape index (κ1) is 34.7. The second kappa shape index (κ2) is 14.3. The third-order valence-corrected chi connectivity index (χ3v) is 8.58. The van der Waals surface area contributed by atoms with Gasteiger partial charge in [-0.05, 0) is 54.1 Å². The molecule has 242 valence electrons. The molecule has 1 unspecified atom stereocenters. The third-order valence-electron chi connectivity index (χ3n) is 8.58. The number of ketones is 2. The Morgan fingerprint density at radius 3 is 2.07 bits per heavy atom. The highest BCUT2D eigenvalue weighted by atomic mass is 16.2. The lowest BCUT2D eigenvalue weighted by Gasteiger charge is -2.37. The van der Waals surface area contributed by atoms with Crippen LogP contribution in [0.25, 0.3) is 0 Å². The molecule has 12 heteroatoms. The van der Waals surface area contributed by atoms with E-state index in [1.807, 2.05) is 27.7 Å². The number of Topliss-reactive ketones (excluding diaryl/α,β-unsaturated/α-hetero) is 2. The fourth-order valence-electron chi connectivity index (χ4n) is 5.80. The highest BCUT2D eigenvalue weighted by molar-refractivity contribution is 6.37. The van der Waals surface area contributed by atoms with E-state index in [4.69, 9.17) is 5.73 Å². The molecule has 44 heavy (non-hydrogen) atoms. The largest absolute Gasteiger partial charge is 0.363 e. The van der Waals surface area contributed by atoms with Crippen LogP contribution in [0, 0.1) is 29.1 Å². The molecule has 1 aliphatic carbocycles. The van der Waals surface area contributed by atoms with E-state index in [1.165, 1.54) is 17.3 Å². The second-order valence-electron chi connectivity index (χ2n) is 13.9. The third kappa shape index (κ3) is 8.63. The van der Waals surface area contributed by atoms with Gasteiger partial charge in [-0.1, -0.05) is 61.3 Å². The fraction of sp³-hybridized carbons (Fsp3) is 0.656. The molecule has 5 atom stereocenters. The average Bonchev–Trinajstić information content (AvgIpc) is 3.65. The molecule has 5 N–H and O–H groups in total. The van der Waals surface area contributed by atoms with Gasteiger partial charge in [-0.25, -0.2) is 4.79 Å². The molecular weight excluding hydrogens is 564 g/mol. The Labute approximate surface area is 259 Å². The van der Waals surface area contributed by atoms with Gasteiger partial charge in [0.1, 0.15) is 12.1 Å². The van der Waals surface area contributed by atoms with Crippen molar-refractivity contribution < 1.29 is 28.8 Å². The van der Waals surface area contributed by atoms with Gasteiger partial charge in [0.15, 0.2) is 5.78 Å². The molecule has 2 fully saturated rings. The van der Waals surface area contributed by atoms with Crippen LogP contribution in [0.15, 0.2) is 24.5 Å². The summed E-state index contributed by atoms with van der Waals surface area (Å²) in [6.07, 6.45) is 5.70. The summed E-state index contributed by atoms with van der Waals surface area (Å²) in [7, 11) is 0. The van der Waals surface area contributed by atoms with Gasteiger partial charge in [0, 0.05) is 24.5 Å². The van der Waals surface area contributed by atoms with Crippen LogP contribution >= 0.6 is 0 Å². The molecule has 1 saturated carbocycles. The van der Waals surface area contributed by atoms with Crippen molar-refractivity contribution in [2.75, 3.05) is 6.54 Å². The Bertz CT molecular complexity index is 1240. The number of hydrogen-bond donors (Lipinski definition) is 4. The lowest BCUT2D eigenvalue weighted by Crippen LogP contribution is -2.62. The number of aromatic nitrogens is 1. The average molecular weight is 613 g/mol. The van der Waals surface area contributed by atoms with Crippen LogP contribution in [0.5, 0.6) is 0 Å². The quantitative estimate of drug-likeness (QED) is 0.195. The number of nitrogens with zero attached hydrogens (tertiary/aromatic N) is 2. The minimum Gasteiger partial charge on any atom is -0.363 e. The maximum absolute atomic E-state index is 14.2. The van der Waals surface area contributed by atoms with Gasteiger partial charge >= 0.3 is 6.03 Å². The molecule has 1 saturated heterocycles. The van der Waals surface area contributed by atoms with Gasteiger partial charge in [0.05, 0.1) is 12.1 Å². The van der Waals surface area contributed by atoms with Crippen molar-refractivity contribution in [3.63, 3.8) is 0 Å². The number of carbonyl (C=O) groups excluding carboxylic acids is 6. The molecule has 2 heterocycles. The van der Waals surface area contributed by atoms with Crippen LogP contribution in [0.4, 0.5) is 4.79 Å². The van der Waals surface area contributed by atoms with Crippen LogP contribution < -0.4 is 21.7 Å². The van der Waals surface area contributed by atoms with Gasteiger partial charge in [-0.2, -0.15) is 0 Å². The van der Waals surface area contributed by atoms with Crippen molar-refractivity contribution in [2.45, 2.75) is 98.3 Å². The van der Waals surface area contributed by atoms with Crippen molar-refractivity contribution in [1.29, 1.82) is 0 Å². The van der Waals surface area contributed by atoms with Crippen molar-refractivity contribution in [3.8, 4) is 0 Å². The highest BCUT2D eigenvalue weighted by Crippen LogP contribution is 2.35. The fourth-order valence-corrected chi connectivity index (χ4v) is 5.80. The summed E-state index contributed by atoms with van der Waals surface area (Å²) in [5, 5.41) is 8.27. The molecular formula is C32H48N6O6. The Kier molecular flexibility index (Phi) is 11.3. The van der Waals surface area contributed by atoms with Crippen molar-refractivity contribution in [1.82, 2.24) is 25.8 Å². The summed E-state index contributed by atoms with van der Waals surface area (Å²) in [4.78, 5) is 84.2. The predicted octanol–water partition coefficient (Wildman–Crippen LogP) is 2.22. The summed E-state index contributed by atoms with van der Waals surface area (Å²) in [6.45, 7) is 13.3. The number of carbonyl (C=O) groups is 6. The van der Waals surface area contributed by atoms with Gasteiger partial charge in [0.2, 0.25) is 17.6 Å². The van der Waals surface area contributed by atoms with Crippen LogP contribution in [0.2, 0.25) is 0 Å². The van der Waals surface area contributed by atoms with E-state index in [-0.39, 0.29) is 36.0 Å². The smallest absolute Gasteiger partial charge is 0.316 e. The van der Waals surface area contributed by atoms with Crippen LogP contribution in [-0.2, 0) is 19.2 Å². The van der Waals surface area contributed by atoms with Gasteiger partial charge < -0.3 is 26.6 Å². The van der Waals surface area contributed by atoms with Gasteiger partial charge in [0.25, 0.3) is 5.91 Å². The number of urea groups is 1. The topological polar surface area (TPSA) is 181 Å². The number of likely N-dealkylation sites (tertiary alicyclic amines) is 1. The molecule has 2 aliphatic rings. The maximum Gasteiger partial charge on any atom is 0.316 e. The second-order valence-corrected chi connectivity index (χ2v) is 13.9. The van der Waals surface area contributed by atoms with Crippen LogP contribution in [0.3, 0.4) is 0 Å². The molecule has 12 nitrogen and oxygen atoms in total. The summed E-state index contributed by atoms with van der Waals surface area (Å²) in [6, 6.07) is -1.38. The summed E-state index contributed by atoms with van der Waals surface area (Å²) < 4.78 is 0. The molecule has 1 aromatic heterocycles. The number of hydrogen-bond acceptors (Lipinski definition) is 7. The lowest BCUT2D eigenvalue weighted by atomic mass is 9.84. The first-order valence-electron chi connectivity index (χ1n) is 15.5. The molecule has 1 aliphatic heterocycles. The van der Waals surface area contributed by atoms with E-state index in [9.17, 15) is 28.8 Å². The Morgan fingerprint density at radius 1 is 0.955 bits per heavy atom. The van der Waals surface area contributed by atoms with Crippen molar-refractivity contribution in [2.24, 2.45) is 34.8 Å². The summed E-state index contributed by atoms with van der Waals surface area (Å²) in [5.74, 6) is -3.38. The maximum atomic E-state index is 14.2. The minimum absolute atomic E-state index is 0.0348. The number of pyridine rings is 1. The monoisotopic (exact) mass is 612 g/mol. The first-order chi connectivity index (χ1) is 20.5. The van der Waals surface area contributed by atoms with Gasteiger partial charge in [-0.15, -0.1) is 0 Å². The molecule has 0 aromatic carbocycles. The zero-order valence-electron chi connectivity index (χ0n) is 26.9. The summed E-state index contributed by atoms with van der Waals surface area (Å²) >= 11 is 0. The molecule has 0 spiro atoms. The number of nitrogens with one attached hydrogen (secondary N) is 3. The molecule has 5 amide bonds. The molecule has 1 aromatic rings.